The van der Waals surface area contributed by atoms with E-state index in [1.807, 2.05) is 6.20 Å². The Morgan fingerprint density at radius 2 is 1.68 bits per heavy atom. The first kappa shape index (κ1) is 20.3. The zero-order valence-electron chi connectivity index (χ0n) is 17.5. The van der Waals surface area contributed by atoms with Crippen molar-refractivity contribution in [3.8, 4) is 0 Å². The van der Waals surface area contributed by atoms with Crippen LogP contribution in [0.5, 0.6) is 0 Å². The van der Waals surface area contributed by atoms with E-state index in [1.54, 1.807) is 7.11 Å². The van der Waals surface area contributed by atoms with Crippen molar-refractivity contribution in [3.63, 3.8) is 0 Å². The summed E-state index contributed by atoms with van der Waals surface area (Å²) in [4.78, 5) is 0. The van der Waals surface area contributed by atoms with Crippen LogP contribution in [0.4, 0.5) is 0 Å². The molecular weight excluding hydrogens is 356 g/mol. The number of aryl methyl sites for hydroxylation is 1. The third-order valence-electron chi connectivity index (χ3n) is 6.98. The molecule has 6 nitrogen and oxygen atoms in total. The van der Waals surface area contributed by atoms with Crippen LogP contribution in [0.25, 0.3) is 0 Å². The number of hydrogen-bond acceptors (Lipinski definition) is 5. The molecule has 4 aliphatic rings. The van der Waals surface area contributed by atoms with Crippen LogP contribution in [0.1, 0.15) is 44.2 Å². The molecule has 4 saturated carbocycles. The number of methoxy groups -OCH3 is 1. The van der Waals surface area contributed by atoms with Crippen LogP contribution in [-0.4, -0.2) is 62.1 Å². The maximum Gasteiger partial charge on any atom is 0.0708 e. The van der Waals surface area contributed by atoms with Gasteiger partial charge in [-0.2, -0.15) is 5.10 Å². The molecule has 0 N–H and O–H groups in total. The second-order valence-electron chi connectivity index (χ2n) is 9.34. The van der Waals surface area contributed by atoms with Crippen molar-refractivity contribution in [1.29, 1.82) is 0 Å². The third-order valence-corrected chi connectivity index (χ3v) is 6.98. The van der Waals surface area contributed by atoms with E-state index in [0.29, 0.717) is 45.1 Å². The van der Waals surface area contributed by atoms with Gasteiger partial charge in [-0.05, 0) is 68.8 Å². The molecule has 6 heteroatoms. The van der Waals surface area contributed by atoms with Gasteiger partial charge in [0.1, 0.15) is 0 Å². The largest absolute Gasteiger partial charge is 0.382 e. The van der Waals surface area contributed by atoms with Gasteiger partial charge in [0, 0.05) is 25.5 Å². The molecule has 28 heavy (non-hydrogen) atoms. The minimum absolute atomic E-state index is 0.0729. The second-order valence-corrected chi connectivity index (χ2v) is 9.34. The topological polar surface area (TPSA) is 54.7 Å². The first-order chi connectivity index (χ1) is 13.6. The lowest BCUT2D eigenvalue weighted by Gasteiger charge is -2.61. The SMILES string of the molecule is COCCOCCOCCOC12CC3CC(CC(Cn4nccc4C)(C3)C1)C2. The number of nitrogens with zero attached hydrogens (tertiary/aromatic N) is 2. The van der Waals surface area contributed by atoms with Crippen LogP contribution in [0, 0.1) is 24.2 Å². The first-order valence-corrected chi connectivity index (χ1v) is 10.9. The fourth-order valence-electron chi connectivity index (χ4n) is 6.38. The summed E-state index contributed by atoms with van der Waals surface area (Å²) in [5.74, 6) is 1.65. The van der Waals surface area contributed by atoms with E-state index in [4.69, 9.17) is 18.9 Å². The van der Waals surface area contributed by atoms with E-state index in [2.05, 4.69) is 22.8 Å². The Morgan fingerprint density at radius 1 is 1.00 bits per heavy atom. The molecule has 1 heterocycles. The summed E-state index contributed by atoms with van der Waals surface area (Å²) in [5.41, 5.74) is 1.72. The van der Waals surface area contributed by atoms with Gasteiger partial charge >= 0.3 is 0 Å². The highest BCUT2D eigenvalue weighted by Gasteiger charge is 2.58. The Balaban J connectivity index is 1.26. The van der Waals surface area contributed by atoms with Crippen LogP contribution in [0.3, 0.4) is 0 Å². The monoisotopic (exact) mass is 392 g/mol. The molecule has 0 amide bonds. The van der Waals surface area contributed by atoms with Crippen molar-refractivity contribution in [3.05, 3.63) is 18.0 Å². The summed E-state index contributed by atoms with van der Waals surface area (Å²) in [6.07, 6.45) is 9.70. The van der Waals surface area contributed by atoms with E-state index in [9.17, 15) is 0 Å². The van der Waals surface area contributed by atoms with E-state index in [1.165, 1.54) is 44.2 Å². The van der Waals surface area contributed by atoms with Gasteiger partial charge in [-0.15, -0.1) is 0 Å². The Kier molecular flexibility index (Phi) is 6.40. The molecule has 5 rings (SSSR count). The molecule has 0 spiro atoms. The molecule has 4 bridgehead atoms. The van der Waals surface area contributed by atoms with E-state index < -0.39 is 0 Å². The zero-order chi connectivity index (χ0) is 19.5. The summed E-state index contributed by atoms with van der Waals surface area (Å²) in [6.45, 7) is 7.05. The van der Waals surface area contributed by atoms with Crippen LogP contribution in [0.15, 0.2) is 12.3 Å². The van der Waals surface area contributed by atoms with Crippen molar-refractivity contribution in [2.75, 3.05) is 46.8 Å². The molecule has 0 saturated heterocycles. The van der Waals surface area contributed by atoms with Crippen LogP contribution >= 0.6 is 0 Å². The van der Waals surface area contributed by atoms with Crippen molar-refractivity contribution in [2.24, 2.45) is 17.3 Å². The molecule has 0 radical (unpaired) electrons. The summed E-state index contributed by atoms with van der Waals surface area (Å²) in [5, 5.41) is 4.57. The Labute approximate surface area is 168 Å². The zero-order valence-corrected chi connectivity index (χ0v) is 17.5. The average Bonchev–Trinajstić information content (AvgIpc) is 3.03. The standard InChI is InChI=1S/C22H36N2O4/c1-18-3-4-23-24(18)17-21-12-19-11-20(13-21)15-22(14-19,16-21)28-10-9-27-8-7-26-6-5-25-2/h3-4,19-20H,5-17H2,1-2H3. The van der Waals surface area contributed by atoms with Gasteiger partial charge in [-0.3, -0.25) is 4.68 Å². The molecule has 4 aliphatic carbocycles. The molecule has 2 unspecified atom stereocenters. The maximum atomic E-state index is 6.55. The number of hydrogen-bond donors (Lipinski definition) is 0. The Bertz CT molecular complexity index is 618. The smallest absolute Gasteiger partial charge is 0.0708 e. The van der Waals surface area contributed by atoms with Crippen LogP contribution in [0.2, 0.25) is 0 Å². The summed E-state index contributed by atoms with van der Waals surface area (Å²) in [6, 6.07) is 2.11. The summed E-state index contributed by atoms with van der Waals surface area (Å²) < 4.78 is 24.8. The molecule has 4 fully saturated rings. The molecule has 1 aromatic heterocycles. The highest BCUT2D eigenvalue weighted by atomic mass is 16.6. The minimum Gasteiger partial charge on any atom is -0.382 e. The van der Waals surface area contributed by atoms with Crippen molar-refractivity contribution in [2.45, 2.75) is 57.6 Å². The summed E-state index contributed by atoms with van der Waals surface area (Å²) in [7, 11) is 1.68. The van der Waals surface area contributed by atoms with Crippen molar-refractivity contribution < 1.29 is 18.9 Å². The summed E-state index contributed by atoms with van der Waals surface area (Å²) >= 11 is 0. The third kappa shape index (κ3) is 4.61. The predicted molar refractivity (Wildman–Crippen MR) is 106 cm³/mol. The van der Waals surface area contributed by atoms with Crippen LogP contribution < -0.4 is 0 Å². The van der Waals surface area contributed by atoms with Gasteiger partial charge in [-0.25, -0.2) is 0 Å². The van der Waals surface area contributed by atoms with E-state index in [0.717, 1.165) is 18.4 Å². The lowest BCUT2D eigenvalue weighted by atomic mass is 9.48. The molecular formula is C22H36N2O4. The van der Waals surface area contributed by atoms with Crippen molar-refractivity contribution >= 4 is 0 Å². The molecule has 0 aliphatic heterocycles. The number of aromatic nitrogens is 2. The van der Waals surface area contributed by atoms with Gasteiger partial charge in [0.05, 0.1) is 45.2 Å². The number of rotatable bonds is 12. The average molecular weight is 393 g/mol. The normalized spacial score (nSPS) is 33.6. The minimum atomic E-state index is 0.0729. The number of ether oxygens (including phenoxy) is 4. The first-order valence-electron chi connectivity index (χ1n) is 10.9. The Morgan fingerprint density at radius 3 is 2.32 bits per heavy atom. The van der Waals surface area contributed by atoms with Gasteiger partial charge in [0.25, 0.3) is 0 Å². The molecule has 2 atom stereocenters. The Hall–Kier alpha value is -0.950. The van der Waals surface area contributed by atoms with Crippen LogP contribution in [-0.2, 0) is 25.5 Å². The van der Waals surface area contributed by atoms with Gasteiger partial charge in [-0.1, -0.05) is 0 Å². The molecule has 1 aromatic rings. The van der Waals surface area contributed by atoms with Gasteiger partial charge in [0.2, 0.25) is 0 Å². The highest BCUT2D eigenvalue weighted by Crippen LogP contribution is 2.63. The van der Waals surface area contributed by atoms with E-state index in [-0.39, 0.29) is 5.60 Å². The molecule has 0 aromatic carbocycles. The lowest BCUT2D eigenvalue weighted by Crippen LogP contribution is -2.58. The maximum absolute atomic E-state index is 6.55. The van der Waals surface area contributed by atoms with Gasteiger partial charge in [0.15, 0.2) is 0 Å². The predicted octanol–water partition coefficient (Wildman–Crippen LogP) is 3.23. The fraction of sp³-hybridized carbons (Fsp3) is 0.864. The highest BCUT2D eigenvalue weighted by molar-refractivity contribution is 5.10. The van der Waals surface area contributed by atoms with Crippen molar-refractivity contribution in [1.82, 2.24) is 9.78 Å². The lowest BCUT2D eigenvalue weighted by molar-refractivity contribution is -0.201. The fourth-order valence-corrected chi connectivity index (χ4v) is 6.38. The second kappa shape index (κ2) is 8.82. The van der Waals surface area contributed by atoms with E-state index >= 15 is 0 Å². The molecule has 158 valence electrons. The van der Waals surface area contributed by atoms with Gasteiger partial charge < -0.3 is 18.9 Å². The quantitative estimate of drug-likeness (QED) is 0.511.